The Morgan fingerprint density at radius 3 is 2.00 bits per heavy atom. The summed E-state index contributed by atoms with van der Waals surface area (Å²) in [5, 5.41) is 11.9. The first kappa shape index (κ1) is 21.4. The lowest BCUT2D eigenvalue weighted by molar-refractivity contribution is -0.384. The molecule has 0 aromatic heterocycles. The van der Waals surface area contributed by atoms with Crippen molar-refractivity contribution in [3.63, 3.8) is 0 Å². The molecule has 1 fully saturated rings. The van der Waals surface area contributed by atoms with E-state index in [0.29, 0.717) is 5.56 Å². The van der Waals surface area contributed by atoms with Gasteiger partial charge < -0.3 is 0 Å². The van der Waals surface area contributed by atoms with Crippen LogP contribution in [0.25, 0.3) is 0 Å². The second-order valence-corrected chi connectivity index (χ2v) is 9.71. The summed E-state index contributed by atoms with van der Waals surface area (Å²) >= 11 is 0. The molecule has 4 aliphatic rings. The van der Waals surface area contributed by atoms with Crippen molar-refractivity contribution in [1.82, 2.24) is 0 Å². The van der Waals surface area contributed by atoms with Crippen molar-refractivity contribution in [3.05, 3.63) is 104 Å². The number of nitrogens with zero attached hydrogens (tertiary/aromatic N) is 2. The fraction of sp³-hybridized carbons (Fsp3) is 0.250. The van der Waals surface area contributed by atoms with Crippen LogP contribution in [0.2, 0.25) is 0 Å². The number of amides is 2. The summed E-state index contributed by atoms with van der Waals surface area (Å²) in [5.74, 6) is -3.48. The molecule has 3 aromatic carbocycles. The summed E-state index contributed by atoms with van der Waals surface area (Å²) in [6.45, 7) is 5.00. The van der Waals surface area contributed by atoms with E-state index in [1.807, 2.05) is 48.5 Å². The lowest BCUT2D eigenvalue weighted by Crippen LogP contribution is -2.57. The first-order chi connectivity index (χ1) is 16.7. The molecule has 0 N–H and O–H groups in total. The maximum absolute atomic E-state index is 14.2. The minimum atomic E-state index is -1.33. The van der Waals surface area contributed by atoms with E-state index >= 15 is 0 Å². The molecule has 2 atom stereocenters. The van der Waals surface area contributed by atoms with Gasteiger partial charge in [0.05, 0.1) is 22.2 Å². The molecular formula is C28H22N2O5. The second kappa shape index (κ2) is 6.95. The Morgan fingerprint density at radius 1 is 0.914 bits per heavy atom. The average molecular weight is 466 g/mol. The molecule has 0 unspecified atom stereocenters. The van der Waals surface area contributed by atoms with Crippen LogP contribution in [0.1, 0.15) is 46.2 Å². The fourth-order valence-electron chi connectivity index (χ4n) is 6.72. The zero-order chi connectivity index (χ0) is 24.8. The number of rotatable bonds is 3. The van der Waals surface area contributed by atoms with E-state index in [-0.39, 0.29) is 17.2 Å². The van der Waals surface area contributed by atoms with E-state index in [9.17, 15) is 24.5 Å². The molecule has 7 heteroatoms. The van der Waals surface area contributed by atoms with Crippen molar-refractivity contribution < 1.29 is 19.3 Å². The summed E-state index contributed by atoms with van der Waals surface area (Å²) in [4.78, 5) is 54.2. The molecule has 2 amide bonds. The smallest absolute Gasteiger partial charge is 0.293 e. The predicted octanol–water partition coefficient (Wildman–Crippen LogP) is 4.35. The topological polar surface area (TPSA) is 97.6 Å². The van der Waals surface area contributed by atoms with Gasteiger partial charge >= 0.3 is 0 Å². The highest BCUT2D eigenvalue weighted by Crippen LogP contribution is 2.64. The van der Waals surface area contributed by atoms with Crippen LogP contribution in [0, 0.1) is 35.8 Å². The Bertz CT molecular complexity index is 1460. The van der Waals surface area contributed by atoms with Crippen molar-refractivity contribution >= 4 is 29.0 Å². The molecule has 35 heavy (non-hydrogen) atoms. The number of hydrogen-bond donors (Lipinski definition) is 0. The lowest BCUT2D eigenvalue weighted by Gasteiger charge is -2.52. The number of aryl methyl sites for hydroxylation is 2. The third-order valence-corrected chi connectivity index (χ3v) is 8.20. The minimum Gasteiger partial charge on any atom is -0.299 e. The van der Waals surface area contributed by atoms with E-state index in [4.69, 9.17) is 0 Å². The van der Waals surface area contributed by atoms with E-state index in [0.717, 1.165) is 32.7 Å². The Labute approximate surface area is 201 Å². The van der Waals surface area contributed by atoms with Gasteiger partial charge in [0.25, 0.3) is 5.69 Å². The molecular weight excluding hydrogens is 444 g/mol. The molecule has 3 aliphatic carbocycles. The van der Waals surface area contributed by atoms with Crippen molar-refractivity contribution in [2.45, 2.75) is 32.1 Å². The first-order valence-corrected chi connectivity index (χ1v) is 11.5. The van der Waals surface area contributed by atoms with E-state index in [2.05, 4.69) is 0 Å². The summed E-state index contributed by atoms with van der Waals surface area (Å²) in [6.07, 6.45) is 0. The molecule has 0 radical (unpaired) electrons. The van der Waals surface area contributed by atoms with Gasteiger partial charge in [-0.25, -0.2) is 4.90 Å². The number of benzene rings is 3. The van der Waals surface area contributed by atoms with Crippen LogP contribution in [-0.2, 0) is 19.8 Å². The fourth-order valence-corrected chi connectivity index (χ4v) is 6.72. The highest BCUT2D eigenvalue weighted by atomic mass is 16.6. The van der Waals surface area contributed by atoms with Gasteiger partial charge in [0, 0.05) is 12.0 Å². The Balaban J connectivity index is 1.66. The molecule has 1 heterocycles. The number of ketones is 1. The third-order valence-electron chi connectivity index (χ3n) is 8.20. The van der Waals surface area contributed by atoms with Crippen LogP contribution >= 0.6 is 0 Å². The largest absolute Gasteiger partial charge is 0.299 e. The molecule has 1 saturated heterocycles. The van der Waals surface area contributed by atoms with Gasteiger partial charge in [-0.2, -0.15) is 0 Å². The standard InChI is InChI=1S/C28H22N2O5/c1-14-12-21(22(30(34)35)13-15(14)2)29-26(32)24-23-17-8-4-6-10-19(17)28(16(3)31,25(24)27(29)33)20-11-7-5-9-18(20)23/h4-13,23-25H,1-3H3/t23?,24-,25-,28?/m0/s1. The molecule has 3 aromatic rings. The Kier molecular flexibility index (Phi) is 4.25. The quantitative estimate of drug-likeness (QED) is 0.325. The SMILES string of the molecule is CC(=O)C12c3ccccc3C(c3ccccc31)[C@@H]1C(=O)N(c3cc(C)c(C)cc3[N+](=O)[O-])C(=O)[C@H]12. The number of anilines is 1. The van der Waals surface area contributed by atoms with Crippen molar-refractivity contribution in [3.8, 4) is 0 Å². The predicted molar refractivity (Wildman–Crippen MR) is 128 cm³/mol. The highest BCUT2D eigenvalue weighted by molar-refractivity contribution is 6.26. The van der Waals surface area contributed by atoms with Crippen LogP contribution in [-0.4, -0.2) is 22.5 Å². The van der Waals surface area contributed by atoms with E-state index in [1.165, 1.54) is 19.1 Å². The average Bonchev–Trinajstić information content (AvgIpc) is 3.11. The van der Waals surface area contributed by atoms with Crippen LogP contribution in [0.15, 0.2) is 60.7 Å². The van der Waals surface area contributed by atoms with Gasteiger partial charge in [-0.3, -0.25) is 24.5 Å². The molecule has 7 rings (SSSR count). The number of carbonyl (C=O) groups excluding carboxylic acids is 3. The monoisotopic (exact) mass is 466 g/mol. The van der Waals surface area contributed by atoms with Crippen LogP contribution in [0.5, 0.6) is 0 Å². The third kappa shape index (κ3) is 2.42. The number of carbonyl (C=O) groups is 3. The van der Waals surface area contributed by atoms with Crippen LogP contribution in [0.3, 0.4) is 0 Å². The van der Waals surface area contributed by atoms with Gasteiger partial charge in [0.2, 0.25) is 11.8 Å². The number of Topliss-reactive ketones (excluding diaryl/α,β-unsaturated/α-hetero) is 1. The van der Waals surface area contributed by atoms with Gasteiger partial charge in [-0.1, -0.05) is 48.5 Å². The Hall–Kier alpha value is -4.13. The maximum Gasteiger partial charge on any atom is 0.293 e. The van der Waals surface area contributed by atoms with E-state index in [1.54, 1.807) is 13.8 Å². The van der Waals surface area contributed by atoms with Gasteiger partial charge in [0.1, 0.15) is 11.5 Å². The molecule has 0 spiro atoms. The second-order valence-electron chi connectivity index (χ2n) is 9.71. The molecule has 2 bridgehead atoms. The Morgan fingerprint density at radius 2 is 1.46 bits per heavy atom. The zero-order valence-electron chi connectivity index (χ0n) is 19.4. The lowest BCUT2D eigenvalue weighted by atomic mass is 9.46. The first-order valence-electron chi connectivity index (χ1n) is 11.5. The minimum absolute atomic E-state index is 0.0336. The molecule has 174 valence electrons. The van der Waals surface area contributed by atoms with Gasteiger partial charge in [0.15, 0.2) is 0 Å². The van der Waals surface area contributed by atoms with Crippen LogP contribution < -0.4 is 4.90 Å². The van der Waals surface area contributed by atoms with Crippen molar-refractivity contribution in [2.24, 2.45) is 11.8 Å². The zero-order valence-corrected chi connectivity index (χ0v) is 19.4. The number of imide groups is 1. The normalized spacial score (nSPS) is 25.8. The molecule has 7 nitrogen and oxygen atoms in total. The molecule has 1 aliphatic heterocycles. The van der Waals surface area contributed by atoms with Gasteiger partial charge in [-0.05, 0) is 60.2 Å². The van der Waals surface area contributed by atoms with Crippen molar-refractivity contribution in [2.75, 3.05) is 4.90 Å². The summed E-state index contributed by atoms with van der Waals surface area (Å²) in [6, 6.07) is 17.9. The summed E-state index contributed by atoms with van der Waals surface area (Å²) in [5.41, 5.74) is 2.98. The number of nitro groups is 1. The highest BCUT2D eigenvalue weighted by Gasteiger charge is 2.70. The molecule has 0 saturated carbocycles. The number of nitro benzene ring substituents is 1. The van der Waals surface area contributed by atoms with Crippen LogP contribution in [0.4, 0.5) is 11.4 Å². The summed E-state index contributed by atoms with van der Waals surface area (Å²) < 4.78 is 0. The van der Waals surface area contributed by atoms with Gasteiger partial charge in [-0.15, -0.1) is 0 Å². The number of hydrogen-bond acceptors (Lipinski definition) is 5. The summed E-state index contributed by atoms with van der Waals surface area (Å²) in [7, 11) is 0. The van der Waals surface area contributed by atoms with E-state index < -0.39 is 39.9 Å². The van der Waals surface area contributed by atoms with Crippen molar-refractivity contribution in [1.29, 1.82) is 0 Å². The maximum atomic E-state index is 14.2.